The molecule has 3 N–H and O–H groups in total. The SMILES string of the molecule is C=CC(=O)NCc1ccc(-c2sc3c(-c4cn(C)cn4)cnc(N)c3c2-c2ccc(Oc3nccc(C)n3)c(F)c2)c(C)c1. The second kappa shape index (κ2) is 11.7. The van der Waals surface area contributed by atoms with Gasteiger partial charge >= 0.3 is 6.01 Å². The molecule has 0 spiro atoms. The van der Waals surface area contributed by atoms with Crippen molar-refractivity contribution < 1.29 is 13.9 Å². The molecule has 1 amide bonds. The van der Waals surface area contributed by atoms with Crippen molar-refractivity contribution in [2.75, 3.05) is 5.73 Å². The van der Waals surface area contributed by atoms with Gasteiger partial charge in [-0.1, -0.05) is 30.8 Å². The highest BCUT2D eigenvalue weighted by molar-refractivity contribution is 7.23. The molecule has 0 bridgehead atoms. The number of nitrogens with one attached hydrogen (secondary N) is 1. The molecular formula is C33H28FN7O2S. The number of rotatable bonds is 8. The number of pyridine rings is 1. The highest BCUT2D eigenvalue weighted by atomic mass is 32.1. The quantitative estimate of drug-likeness (QED) is 0.184. The van der Waals surface area contributed by atoms with Crippen LogP contribution in [0.25, 0.3) is 42.9 Å². The van der Waals surface area contributed by atoms with Crippen LogP contribution in [-0.4, -0.2) is 30.4 Å². The zero-order valence-electron chi connectivity index (χ0n) is 24.3. The van der Waals surface area contributed by atoms with E-state index in [2.05, 4.69) is 31.8 Å². The van der Waals surface area contributed by atoms with Gasteiger partial charge < -0.3 is 20.4 Å². The molecule has 4 aromatic heterocycles. The third kappa shape index (κ3) is 5.52. The lowest BCUT2D eigenvalue weighted by atomic mass is 9.95. The van der Waals surface area contributed by atoms with Crippen molar-refractivity contribution in [2.24, 2.45) is 7.05 Å². The zero-order valence-corrected chi connectivity index (χ0v) is 25.1. The Kier molecular flexibility index (Phi) is 7.62. The smallest absolute Gasteiger partial charge is 0.322 e. The van der Waals surface area contributed by atoms with Crippen molar-refractivity contribution in [1.29, 1.82) is 0 Å². The van der Waals surface area contributed by atoms with Gasteiger partial charge in [-0.25, -0.2) is 24.3 Å². The van der Waals surface area contributed by atoms with Gasteiger partial charge in [0.1, 0.15) is 5.82 Å². The Morgan fingerprint density at radius 3 is 2.68 bits per heavy atom. The average molecular weight is 606 g/mol. The van der Waals surface area contributed by atoms with Crippen LogP contribution < -0.4 is 15.8 Å². The molecule has 0 fully saturated rings. The van der Waals surface area contributed by atoms with Crippen molar-refractivity contribution in [3.05, 3.63) is 103 Å². The van der Waals surface area contributed by atoms with Crippen LogP contribution >= 0.6 is 11.3 Å². The van der Waals surface area contributed by atoms with E-state index in [1.807, 2.05) is 42.9 Å². The number of fused-ring (bicyclic) bond motifs is 1. The Morgan fingerprint density at radius 2 is 1.98 bits per heavy atom. The Morgan fingerprint density at radius 1 is 1.14 bits per heavy atom. The number of nitrogens with two attached hydrogens (primary N) is 1. The molecule has 6 aromatic rings. The number of nitrogen functional groups attached to an aromatic ring is 1. The number of imidazole rings is 1. The monoisotopic (exact) mass is 605 g/mol. The number of aryl methyl sites for hydroxylation is 3. The van der Waals surface area contributed by atoms with Gasteiger partial charge in [0.25, 0.3) is 0 Å². The number of aromatic nitrogens is 5. The van der Waals surface area contributed by atoms with Crippen LogP contribution in [-0.2, 0) is 18.4 Å². The second-order valence-electron chi connectivity index (χ2n) is 10.3. The molecular weight excluding hydrogens is 577 g/mol. The molecule has 0 saturated heterocycles. The van der Waals surface area contributed by atoms with Crippen LogP contribution in [0.5, 0.6) is 11.8 Å². The molecule has 4 heterocycles. The predicted octanol–water partition coefficient (Wildman–Crippen LogP) is 6.75. The van der Waals surface area contributed by atoms with Gasteiger partial charge in [0.15, 0.2) is 11.6 Å². The van der Waals surface area contributed by atoms with Gasteiger partial charge in [-0.05, 0) is 60.4 Å². The molecule has 9 nitrogen and oxygen atoms in total. The fourth-order valence-corrected chi connectivity index (χ4v) is 6.43. The lowest BCUT2D eigenvalue weighted by molar-refractivity contribution is -0.116. The topological polar surface area (TPSA) is 121 Å². The van der Waals surface area contributed by atoms with E-state index in [1.165, 1.54) is 12.1 Å². The van der Waals surface area contributed by atoms with Gasteiger partial charge in [-0.3, -0.25) is 4.79 Å². The largest absolute Gasteiger partial charge is 0.421 e. The van der Waals surface area contributed by atoms with Crippen molar-refractivity contribution in [1.82, 2.24) is 29.8 Å². The van der Waals surface area contributed by atoms with Crippen LogP contribution in [0.3, 0.4) is 0 Å². The first-order valence-electron chi connectivity index (χ1n) is 13.7. The number of carbonyl (C=O) groups is 1. The van der Waals surface area contributed by atoms with Gasteiger partial charge in [0.05, 0.1) is 16.7 Å². The Labute approximate surface area is 256 Å². The normalized spacial score (nSPS) is 11.1. The van der Waals surface area contributed by atoms with Gasteiger partial charge in [0, 0.05) is 59.3 Å². The molecule has 0 aliphatic rings. The molecule has 0 aliphatic carbocycles. The van der Waals surface area contributed by atoms with Crippen molar-refractivity contribution >= 4 is 33.1 Å². The molecule has 0 saturated carbocycles. The minimum atomic E-state index is -0.574. The van der Waals surface area contributed by atoms with Gasteiger partial charge in [-0.2, -0.15) is 0 Å². The summed E-state index contributed by atoms with van der Waals surface area (Å²) in [4.78, 5) is 30.0. The molecule has 0 aliphatic heterocycles. The second-order valence-corrected chi connectivity index (χ2v) is 11.3. The predicted molar refractivity (Wildman–Crippen MR) is 171 cm³/mol. The Balaban J connectivity index is 1.52. The lowest BCUT2D eigenvalue weighted by Gasteiger charge is -2.12. The summed E-state index contributed by atoms with van der Waals surface area (Å²) >= 11 is 1.55. The van der Waals surface area contributed by atoms with Gasteiger partial charge in [-0.15, -0.1) is 11.3 Å². The van der Waals surface area contributed by atoms with Crippen molar-refractivity contribution in [2.45, 2.75) is 20.4 Å². The molecule has 44 heavy (non-hydrogen) atoms. The number of amides is 1. The maximum Gasteiger partial charge on any atom is 0.322 e. The van der Waals surface area contributed by atoms with Crippen LogP contribution in [0, 0.1) is 19.7 Å². The summed E-state index contributed by atoms with van der Waals surface area (Å²) in [5.41, 5.74) is 13.1. The number of halogens is 1. The summed E-state index contributed by atoms with van der Waals surface area (Å²) in [5.74, 6) is -0.488. The van der Waals surface area contributed by atoms with Crippen LogP contribution in [0.4, 0.5) is 10.2 Å². The number of anilines is 1. The minimum absolute atomic E-state index is 0.00260. The van der Waals surface area contributed by atoms with Crippen molar-refractivity contribution in [3.8, 4) is 44.6 Å². The Hall–Kier alpha value is -5.42. The third-order valence-corrected chi connectivity index (χ3v) is 8.36. The van der Waals surface area contributed by atoms with E-state index in [0.29, 0.717) is 29.0 Å². The maximum absolute atomic E-state index is 15.6. The van der Waals surface area contributed by atoms with E-state index in [1.54, 1.807) is 55.2 Å². The minimum Gasteiger partial charge on any atom is -0.421 e. The third-order valence-electron chi connectivity index (χ3n) is 7.10. The number of benzene rings is 2. The number of nitrogens with zero attached hydrogens (tertiary/aromatic N) is 5. The molecule has 0 unspecified atom stereocenters. The number of hydrogen-bond donors (Lipinski definition) is 2. The van der Waals surface area contributed by atoms with E-state index >= 15 is 4.39 Å². The highest BCUT2D eigenvalue weighted by Crippen LogP contribution is 2.50. The molecule has 0 radical (unpaired) electrons. The van der Waals surface area contributed by atoms with E-state index < -0.39 is 5.82 Å². The van der Waals surface area contributed by atoms with E-state index in [-0.39, 0.29) is 17.7 Å². The summed E-state index contributed by atoms with van der Waals surface area (Å²) in [7, 11) is 1.90. The van der Waals surface area contributed by atoms with E-state index in [9.17, 15) is 4.79 Å². The van der Waals surface area contributed by atoms with Crippen LogP contribution in [0.1, 0.15) is 16.8 Å². The summed E-state index contributed by atoms with van der Waals surface area (Å²) in [6.45, 7) is 7.68. The first-order valence-corrected chi connectivity index (χ1v) is 14.5. The maximum atomic E-state index is 15.6. The molecule has 6 rings (SSSR count). The molecule has 11 heteroatoms. The lowest BCUT2D eigenvalue weighted by Crippen LogP contribution is -2.19. The first kappa shape index (κ1) is 28.7. The fraction of sp³-hybridized carbons (Fsp3) is 0.121. The summed E-state index contributed by atoms with van der Waals surface area (Å²) in [5, 5.41) is 3.52. The number of thiophene rings is 1. The van der Waals surface area contributed by atoms with E-state index in [0.717, 1.165) is 43.1 Å². The summed E-state index contributed by atoms with van der Waals surface area (Å²) in [6, 6.07) is 12.6. The zero-order chi connectivity index (χ0) is 31.0. The molecule has 220 valence electrons. The van der Waals surface area contributed by atoms with Crippen LogP contribution in [0.2, 0.25) is 0 Å². The molecule has 0 atom stereocenters. The first-order chi connectivity index (χ1) is 21.2. The fourth-order valence-electron chi connectivity index (χ4n) is 4.99. The van der Waals surface area contributed by atoms with Crippen LogP contribution in [0.15, 0.2) is 80.0 Å². The summed E-state index contributed by atoms with van der Waals surface area (Å²) < 4.78 is 24.1. The number of hydrogen-bond acceptors (Lipinski definition) is 8. The van der Waals surface area contributed by atoms with Gasteiger partial charge in [0.2, 0.25) is 5.91 Å². The number of carbonyl (C=O) groups excluding carboxylic acids is 1. The average Bonchev–Trinajstić information content (AvgIpc) is 3.62. The van der Waals surface area contributed by atoms with Crippen molar-refractivity contribution in [3.63, 3.8) is 0 Å². The number of ether oxygens (including phenoxy) is 1. The standard InChI is InChI=1S/C33H28FN7O2S/c1-5-27(42)37-14-20-6-8-22(18(2)12-20)30-28(21-7-9-26(24(34)13-21)43-33-36-11-10-19(3)40-33)29-31(44-30)23(15-38-32(29)35)25-16-41(4)17-39-25/h5-13,15-17H,1,14H2,2-4H3,(H2,35,38)(H,37,42). The van der Waals surface area contributed by atoms with E-state index in [4.69, 9.17) is 10.5 Å². The molecule has 2 aromatic carbocycles. The summed E-state index contributed by atoms with van der Waals surface area (Å²) in [6.07, 6.45) is 8.17. The Bertz CT molecular complexity index is 2070. The highest BCUT2D eigenvalue weighted by Gasteiger charge is 2.24.